The molecule has 0 aliphatic heterocycles. The number of rotatable bonds is 0. The van der Waals surface area contributed by atoms with E-state index in [0.29, 0.717) is 11.2 Å². The largest absolute Gasteiger partial charge is 0.295 e. The molecule has 0 N–H and O–H groups in total. The zero-order chi connectivity index (χ0) is 13.0. The van der Waals surface area contributed by atoms with Gasteiger partial charge in [0, 0.05) is 6.42 Å². The van der Waals surface area contributed by atoms with Gasteiger partial charge in [-0.15, -0.1) is 0 Å². The smallest absolute Gasteiger partial charge is 0.155 e. The van der Waals surface area contributed by atoms with Gasteiger partial charge in [-0.05, 0) is 80.1 Å². The maximum absolute atomic E-state index is 11.6. The van der Waals surface area contributed by atoms with Gasteiger partial charge in [0.1, 0.15) is 0 Å². The second kappa shape index (κ2) is 4.20. The van der Waals surface area contributed by atoms with E-state index in [1.807, 2.05) is 6.08 Å². The molecule has 3 saturated carbocycles. The van der Waals surface area contributed by atoms with Gasteiger partial charge in [-0.1, -0.05) is 18.9 Å². The summed E-state index contributed by atoms with van der Waals surface area (Å²) in [4.78, 5) is 11.6. The van der Waals surface area contributed by atoms with Crippen molar-refractivity contribution < 1.29 is 4.79 Å². The number of hydrogen-bond donors (Lipinski definition) is 0. The summed E-state index contributed by atoms with van der Waals surface area (Å²) in [6.07, 6.45) is 13.9. The van der Waals surface area contributed by atoms with Crippen LogP contribution in [0.1, 0.15) is 64.7 Å². The van der Waals surface area contributed by atoms with Crippen LogP contribution in [0.3, 0.4) is 0 Å². The Balaban J connectivity index is 1.63. The Kier molecular flexibility index (Phi) is 2.69. The van der Waals surface area contributed by atoms with E-state index in [1.54, 1.807) is 0 Å². The number of carbonyl (C=O) groups excluding carboxylic acids is 1. The normalized spacial score (nSPS) is 49.1. The van der Waals surface area contributed by atoms with Crippen molar-refractivity contribution in [2.75, 3.05) is 0 Å². The summed E-state index contributed by atoms with van der Waals surface area (Å²) < 4.78 is 0. The lowest BCUT2D eigenvalue weighted by Crippen LogP contribution is -2.44. The molecular formula is C18H26O. The molecule has 0 saturated heterocycles. The second-order valence-corrected chi connectivity index (χ2v) is 7.89. The highest BCUT2D eigenvalue weighted by Gasteiger charge is 2.52. The maximum atomic E-state index is 11.6. The molecule has 0 aromatic rings. The molecule has 4 rings (SSSR count). The third-order valence-corrected chi connectivity index (χ3v) is 7.08. The quantitative estimate of drug-likeness (QED) is 0.624. The summed E-state index contributed by atoms with van der Waals surface area (Å²) in [5.74, 6) is 4.08. The lowest BCUT2D eigenvalue weighted by Gasteiger charge is -2.52. The molecule has 0 radical (unpaired) electrons. The molecule has 0 aromatic heterocycles. The first-order valence-electron chi connectivity index (χ1n) is 8.41. The summed E-state index contributed by atoms with van der Waals surface area (Å²) in [5, 5.41) is 0. The van der Waals surface area contributed by atoms with Crippen molar-refractivity contribution >= 4 is 5.78 Å². The van der Waals surface area contributed by atoms with Crippen LogP contribution in [0, 0.1) is 29.1 Å². The molecule has 0 bridgehead atoms. The monoisotopic (exact) mass is 258 g/mol. The van der Waals surface area contributed by atoms with E-state index in [0.717, 1.165) is 36.5 Å². The van der Waals surface area contributed by atoms with Crippen LogP contribution >= 0.6 is 0 Å². The molecule has 0 aromatic carbocycles. The summed E-state index contributed by atoms with van der Waals surface area (Å²) >= 11 is 0. The first-order chi connectivity index (χ1) is 9.17. The van der Waals surface area contributed by atoms with Crippen molar-refractivity contribution in [1.29, 1.82) is 0 Å². The molecule has 0 amide bonds. The Morgan fingerprint density at radius 1 is 1.05 bits per heavy atom. The minimum absolute atomic E-state index is 0.395. The van der Waals surface area contributed by atoms with Gasteiger partial charge in [-0.2, -0.15) is 0 Å². The van der Waals surface area contributed by atoms with Crippen molar-refractivity contribution in [3.05, 3.63) is 11.6 Å². The van der Waals surface area contributed by atoms with Crippen LogP contribution in [0.4, 0.5) is 0 Å². The number of ketones is 1. The molecule has 4 aliphatic rings. The van der Waals surface area contributed by atoms with Crippen LogP contribution in [0.2, 0.25) is 0 Å². The number of carbonyl (C=O) groups is 1. The fraction of sp³-hybridized carbons (Fsp3) is 0.833. The number of hydrogen-bond acceptors (Lipinski definition) is 1. The van der Waals surface area contributed by atoms with Gasteiger partial charge in [0.25, 0.3) is 0 Å². The lowest BCUT2D eigenvalue weighted by molar-refractivity contribution is -0.116. The summed E-state index contributed by atoms with van der Waals surface area (Å²) in [6, 6.07) is 0. The van der Waals surface area contributed by atoms with E-state index in [-0.39, 0.29) is 0 Å². The van der Waals surface area contributed by atoms with Crippen molar-refractivity contribution in [1.82, 2.24) is 0 Å². The fourth-order valence-electron chi connectivity index (χ4n) is 6.17. The molecule has 104 valence electrons. The number of fused-ring (bicyclic) bond motifs is 5. The second-order valence-electron chi connectivity index (χ2n) is 7.89. The van der Waals surface area contributed by atoms with E-state index in [9.17, 15) is 4.79 Å². The summed E-state index contributed by atoms with van der Waals surface area (Å²) in [7, 11) is 0. The zero-order valence-corrected chi connectivity index (χ0v) is 12.2. The lowest BCUT2D eigenvalue weighted by atomic mass is 9.52. The average Bonchev–Trinajstić information content (AvgIpc) is 2.79. The van der Waals surface area contributed by atoms with Gasteiger partial charge in [0.05, 0.1) is 0 Å². The molecule has 1 heteroatoms. The third kappa shape index (κ3) is 1.76. The predicted octanol–water partition coefficient (Wildman–Crippen LogP) is 4.52. The fourth-order valence-corrected chi connectivity index (χ4v) is 6.17. The van der Waals surface area contributed by atoms with Crippen molar-refractivity contribution in [2.24, 2.45) is 29.1 Å². The Morgan fingerprint density at radius 3 is 2.84 bits per heavy atom. The van der Waals surface area contributed by atoms with E-state index in [4.69, 9.17) is 0 Å². The number of allylic oxidation sites excluding steroid dienone is 1. The molecule has 3 fully saturated rings. The minimum Gasteiger partial charge on any atom is -0.295 e. The van der Waals surface area contributed by atoms with Crippen LogP contribution in [0.5, 0.6) is 0 Å². The molecule has 19 heavy (non-hydrogen) atoms. The van der Waals surface area contributed by atoms with E-state index in [2.05, 4.69) is 6.92 Å². The first kappa shape index (κ1) is 12.2. The highest BCUT2D eigenvalue weighted by molar-refractivity contribution is 5.91. The predicted molar refractivity (Wildman–Crippen MR) is 76.7 cm³/mol. The highest BCUT2D eigenvalue weighted by Crippen LogP contribution is 2.61. The molecule has 4 aliphatic carbocycles. The van der Waals surface area contributed by atoms with Crippen molar-refractivity contribution in [2.45, 2.75) is 64.7 Å². The highest BCUT2D eigenvalue weighted by atomic mass is 16.1. The Hall–Kier alpha value is -0.590. The van der Waals surface area contributed by atoms with Gasteiger partial charge < -0.3 is 0 Å². The SMILES string of the molecule is C[C@]12CCC[C@@H]1[C@@H]1CCC3=CC(=O)CC[C@H]3[C@@H]1CC2. The Bertz CT molecular complexity index is 435. The Morgan fingerprint density at radius 2 is 1.95 bits per heavy atom. The zero-order valence-electron chi connectivity index (χ0n) is 12.2. The third-order valence-electron chi connectivity index (χ3n) is 7.08. The van der Waals surface area contributed by atoms with Crippen molar-refractivity contribution in [3.63, 3.8) is 0 Å². The molecule has 0 spiro atoms. The van der Waals surface area contributed by atoms with E-state index in [1.165, 1.54) is 50.5 Å². The van der Waals surface area contributed by atoms with Gasteiger partial charge in [-0.3, -0.25) is 4.79 Å². The maximum Gasteiger partial charge on any atom is 0.155 e. The van der Waals surface area contributed by atoms with Crippen LogP contribution in [0.15, 0.2) is 11.6 Å². The molecular weight excluding hydrogens is 232 g/mol. The molecule has 0 unspecified atom stereocenters. The van der Waals surface area contributed by atoms with Crippen LogP contribution in [0.25, 0.3) is 0 Å². The topological polar surface area (TPSA) is 17.1 Å². The Labute approximate surface area is 116 Å². The van der Waals surface area contributed by atoms with E-state index < -0.39 is 0 Å². The summed E-state index contributed by atoms with van der Waals surface area (Å²) in [5.41, 5.74) is 2.20. The molecule has 1 nitrogen and oxygen atoms in total. The van der Waals surface area contributed by atoms with Crippen LogP contribution in [-0.2, 0) is 4.79 Å². The minimum atomic E-state index is 0.395. The van der Waals surface area contributed by atoms with Gasteiger partial charge in [0.2, 0.25) is 0 Å². The van der Waals surface area contributed by atoms with Crippen molar-refractivity contribution in [3.8, 4) is 0 Å². The molecule has 5 atom stereocenters. The van der Waals surface area contributed by atoms with E-state index >= 15 is 0 Å². The average molecular weight is 258 g/mol. The first-order valence-corrected chi connectivity index (χ1v) is 8.41. The van der Waals surface area contributed by atoms with Crippen LogP contribution in [-0.4, -0.2) is 5.78 Å². The molecule has 0 heterocycles. The summed E-state index contributed by atoms with van der Waals surface area (Å²) in [6.45, 7) is 2.57. The standard InChI is InChI=1S/C18H26O/c1-18-9-2-3-17(18)16-6-4-12-11-13(19)5-7-14(12)15(16)8-10-18/h11,14-17H,2-10H2,1H3/t14-,15+,16-,17-,18-/m1/s1. The van der Waals surface area contributed by atoms with Crippen LogP contribution < -0.4 is 0 Å². The van der Waals surface area contributed by atoms with Gasteiger partial charge in [-0.25, -0.2) is 0 Å². The van der Waals surface area contributed by atoms with Gasteiger partial charge in [0.15, 0.2) is 5.78 Å². The van der Waals surface area contributed by atoms with Gasteiger partial charge >= 0.3 is 0 Å².